The molecule has 1 aromatic rings. The van der Waals surface area contributed by atoms with Gasteiger partial charge >= 0.3 is 0 Å². The lowest BCUT2D eigenvalue weighted by Crippen LogP contribution is -2.29. The highest BCUT2D eigenvalue weighted by Crippen LogP contribution is 2.27. The number of halogens is 2. The predicted octanol–water partition coefficient (Wildman–Crippen LogP) is 3.41. The molecule has 1 aromatic carbocycles. The van der Waals surface area contributed by atoms with E-state index in [1.807, 2.05) is 0 Å². The van der Waals surface area contributed by atoms with Crippen molar-refractivity contribution in [3.05, 3.63) is 35.4 Å². The van der Waals surface area contributed by atoms with Crippen molar-refractivity contribution in [1.29, 1.82) is 0 Å². The number of nitrogens with zero attached hydrogens (tertiary/aromatic N) is 1. The fraction of sp³-hybridized carbons (Fsp3) is 0.533. The molecule has 0 radical (unpaired) electrons. The lowest BCUT2D eigenvalue weighted by atomic mass is 10.1. The Bertz CT molecular complexity index is 437. The van der Waals surface area contributed by atoms with Crippen molar-refractivity contribution in [3.63, 3.8) is 0 Å². The Labute approximate surface area is 112 Å². The van der Waals surface area contributed by atoms with Gasteiger partial charge in [0, 0.05) is 30.6 Å². The first-order valence-electron chi connectivity index (χ1n) is 6.83. The first kappa shape index (κ1) is 14.1. The smallest absolute Gasteiger partial charge is 0.164 e. The van der Waals surface area contributed by atoms with E-state index in [2.05, 4.69) is 11.8 Å². The average molecular weight is 267 g/mol. The van der Waals surface area contributed by atoms with Crippen molar-refractivity contribution in [2.45, 2.75) is 38.6 Å². The van der Waals surface area contributed by atoms with Crippen molar-refractivity contribution in [2.75, 3.05) is 13.1 Å². The Morgan fingerprint density at radius 3 is 2.37 bits per heavy atom. The quantitative estimate of drug-likeness (QED) is 0.706. The van der Waals surface area contributed by atoms with Crippen molar-refractivity contribution in [1.82, 2.24) is 4.90 Å². The first-order chi connectivity index (χ1) is 9.10. The molecule has 0 bridgehead atoms. The second-order valence-electron chi connectivity index (χ2n) is 5.10. The molecule has 1 aliphatic carbocycles. The SMILES string of the molecule is CCCN(CCC(=O)c1cc(F)cc(F)c1)C1CC1. The molecule has 0 atom stereocenters. The molecule has 0 aromatic heterocycles. The van der Waals surface area contributed by atoms with Crippen LogP contribution in [0.25, 0.3) is 0 Å². The number of ketones is 1. The summed E-state index contributed by atoms with van der Waals surface area (Å²) in [5.41, 5.74) is 0.129. The summed E-state index contributed by atoms with van der Waals surface area (Å²) in [6, 6.07) is 3.60. The standard InChI is InChI=1S/C15H19F2NO/c1-2-6-18(14-3-4-14)7-5-15(19)11-8-12(16)10-13(17)9-11/h8-10,14H,2-7H2,1H3. The summed E-state index contributed by atoms with van der Waals surface area (Å²) in [6.07, 6.45) is 3.77. The van der Waals surface area contributed by atoms with Gasteiger partial charge in [-0.1, -0.05) is 6.92 Å². The van der Waals surface area contributed by atoms with Gasteiger partial charge in [-0.25, -0.2) is 8.78 Å². The fourth-order valence-electron chi connectivity index (χ4n) is 2.31. The van der Waals surface area contributed by atoms with Crippen LogP contribution in [0.15, 0.2) is 18.2 Å². The summed E-state index contributed by atoms with van der Waals surface area (Å²) in [4.78, 5) is 14.2. The minimum absolute atomic E-state index is 0.129. The molecular weight excluding hydrogens is 248 g/mol. The zero-order valence-electron chi connectivity index (χ0n) is 11.2. The zero-order chi connectivity index (χ0) is 13.8. The Hall–Kier alpha value is -1.29. The summed E-state index contributed by atoms with van der Waals surface area (Å²) in [6.45, 7) is 3.77. The van der Waals surface area contributed by atoms with Crippen LogP contribution in [0, 0.1) is 11.6 Å². The van der Waals surface area contributed by atoms with Crippen molar-refractivity contribution in [3.8, 4) is 0 Å². The molecule has 4 heteroatoms. The maximum absolute atomic E-state index is 13.0. The zero-order valence-corrected chi connectivity index (χ0v) is 11.2. The minimum atomic E-state index is -0.698. The molecule has 1 aliphatic rings. The van der Waals surface area contributed by atoms with Crippen LogP contribution < -0.4 is 0 Å². The Balaban J connectivity index is 1.92. The lowest BCUT2D eigenvalue weighted by Gasteiger charge is -2.20. The number of hydrogen-bond donors (Lipinski definition) is 0. The molecule has 0 N–H and O–H groups in total. The van der Waals surface area contributed by atoms with Gasteiger partial charge in [-0.2, -0.15) is 0 Å². The second kappa shape index (κ2) is 6.24. The molecule has 0 spiro atoms. The van der Waals surface area contributed by atoms with Crippen LogP contribution in [0.1, 0.15) is 43.0 Å². The molecular formula is C15H19F2NO. The number of benzene rings is 1. The topological polar surface area (TPSA) is 20.3 Å². The second-order valence-corrected chi connectivity index (χ2v) is 5.10. The van der Waals surface area contributed by atoms with Crippen molar-refractivity contribution in [2.24, 2.45) is 0 Å². The average Bonchev–Trinajstić information content (AvgIpc) is 3.17. The highest BCUT2D eigenvalue weighted by Gasteiger charge is 2.28. The van der Waals surface area contributed by atoms with Crippen LogP contribution in [0.3, 0.4) is 0 Å². The molecule has 1 fully saturated rings. The van der Waals surface area contributed by atoms with E-state index in [0.29, 0.717) is 19.0 Å². The molecule has 0 saturated heterocycles. The maximum Gasteiger partial charge on any atom is 0.164 e. The monoisotopic (exact) mass is 267 g/mol. The van der Waals surface area contributed by atoms with Gasteiger partial charge in [0.1, 0.15) is 11.6 Å². The van der Waals surface area contributed by atoms with Crippen LogP contribution in [-0.4, -0.2) is 29.8 Å². The Kier molecular flexibility index (Phi) is 4.64. The van der Waals surface area contributed by atoms with Gasteiger partial charge in [0.25, 0.3) is 0 Å². The number of carbonyl (C=O) groups excluding carboxylic acids is 1. The van der Waals surface area contributed by atoms with Crippen LogP contribution in [-0.2, 0) is 0 Å². The molecule has 0 unspecified atom stereocenters. The van der Waals surface area contributed by atoms with Crippen LogP contribution in [0.5, 0.6) is 0 Å². The molecule has 2 rings (SSSR count). The predicted molar refractivity (Wildman–Crippen MR) is 70.2 cm³/mol. The third-order valence-electron chi connectivity index (χ3n) is 3.38. The van der Waals surface area contributed by atoms with E-state index < -0.39 is 11.6 Å². The molecule has 19 heavy (non-hydrogen) atoms. The van der Waals surface area contributed by atoms with E-state index in [0.717, 1.165) is 31.2 Å². The maximum atomic E-state index is 13.0. The first-order valence-corrected chi connectivity index (χ1v) is 6.83. The molecule has 0 aliphatic heterocycles. The number of hydrogen-bond acceptors (Lipinski definition) is 2. The highest BCUT2D eigenvalue weighted by atomic mass is 19.1. The number of Topliss-reactive ketones (excluding diaryl/α,β-unsaturated/α-hetero) is 1. The summed E-state index contributed by atoms with van der Waals surface area (Å²) >= 11 is 0. The minimum Gasteiger partial charge on any atom is -0.300 e. The van der Waals surface area contributed by atoms with Gasteiger partial charge in [-0.15, -0.1) is 0 Å². The third kappa shape index (κ3) is 4.10. The third-order valence-corrected chi connectivity index (χ3v) is 3.38. The highest BCUT2D eigenvalue weighted by molar-refractivity contribution is 5.96. The van der Waals surface area contributed by atoms with E-state index >= 15 is 0 Å². The molecule has 2 nitrogen and oxygen atoms in total. The van der Waals surface area contributed by atoms with Crippen molar-refractivity contribution >= 4 is 5.78 Å². The van der Waals surface area contributed by atoms with E-state index in [9.17, 15) is 13.6 Å². The van der Waals surface area contributed by atoms with E-state index in [4.69, 9.17) is 0 Å². The van der Waals surface area contributed by atoms with Gasteiger partial charge in [0.05, 0.1) is 0 Å². The van der Waals surface area contributed by atoms with E-state index in [1.54, 1.807) is 0 Å². The Morgan fingerprint density at radius 2 is 1.84 bits per heavy atom. The van der Waals surface area contributed by atoms with Crippen LogP contribution >= 0.6 is 0 Å². The lowest BCUT2D eigenvalue weighted by molar-refractivity contribution is 0.0961. The number of carbonyl (C=O) groups is 1. The molecule has 0 amide bonds. The summed E-state index contributed by atoms with van der Waals surface area (Å²) in [5, 5.41) is 0. The van der Waals surface area contributed by atoms with Gasteiger partial charge in [-0.3, -0.25) is 9.69 Å². The summed E-state index contributed by atoms with van der Waals surface area (Å²) in [7, 11) is 0. The van der Waals surface area contributed by atoms with Gasteiger partial charge in [0.2, 0.25) is 0 Å². The van der Waals surface area contributed by atoms with Gasteiger partial charge in [0.15, 0.2) is 5.78 Å². The van der Waals surface area contributed by atoms with Crippen LogP contribution in [0.4, 0.5) is 8.78 Å². The normalized spacial score (nSPS) is 14.9. The van der Waals surface area contributed by atoms with Gasteiger partial charge < -0.3 is 0 Å². The summed E-state index contributed by atoms with van der Waals surface area (Å²) < 4.78 is 26.1. The fourth-order valence-corrected chi connectivity index (χ4v) is 2.31. The molecule has 1 saturated carbocycles. The van der Waals surface area contributed by atoms with E-state index in [1.165, 1.54) is 12.8 Å². The van der Waals surface area contributed by atoms with Crippen LogP contribution in [0.2, 0.25) is 0 Å². The van der Waals surface area contributed by atoms with Gasteiger partial charge in [-0.05, 0) is 37.9 Å². The van der Waals surface area contributed by atoms with Crippen molar-refractivity contribution < 1.29 is 13.6 Å². The summed E-state index contributed by atoms with van der Waals surface area (Å²) in [5.74, 6) is -1.59. The molecule has 0 heterocycles. The largest absolute Gasteiger partial charge is 0.300 e. The Morgan fingerprint density at radius 1 is 1.21 bits per heavy atom. The van der Waals surface area contributed by atoms with E-state index in [-0.39, 0.29) is 11.3 Å². The number of rotatable bonds is 7. The molecule has 104 valence electrons.